The number of nitrogens with zero attached hydrogens (tertiary/aromatic N) is 4. The molecule has 0 spiro atoms. The monoisotopic (exact) mass is 356 g/mol. The second kappa shape index (κ2) is 6.62. The molecule has 1 N–H and O–H groups in total. The maximum atomic E-state index is 12.7. The van der Waals surface area contributed by atoms with Gasteiger partial charge < -0.3 is 5.11 Å². The van der Waals surface area contributed by atoms with E-state index >= 15 is 0 Å². The SMILES string of the molecule is CC(C)(C)c1ccc(-c2nc3n(c(=O)c2C#N)C[C@H](CO)CS3)cn1. The topological polar surface area (TPSA) is 91.8 Å². The van der Waals surface area contributed by atoms with Crippen molar-refractivity contribution in [1.29, 1.82) is 5.26 Å². The summed E-state index contributed by atoms with van der Waals surface area (Å²) in [5.41, 5.74) is 1.57. The number of pyridine rings is 1. The fourth-order valence-electron chi connectivity index (χ4n) is 2.71. The normalized spacial score (nSPS) is 17.0. The molecule has 0 bridgehead atoms. The minimum Gasteiger partial charge on any atom is -0.396 e. The van der Waals surface area contributed by atoms with Gasteiger partial charge in [-0.1, -0.05) is 32.5 Å². The predicted octanol–water partition coefficient (Wildman–Crippen LogP) is 2.19. The molecule has 130 valence electrons. The summed E-state index contributed by atoms with van der Waals surface area (Å²) >= 11 is 1.43. The molecule has 0 saturated heterocycles. The zero-order valence-electron chi connectivity index (χ0n) is 14.5. The third kappa shape index (κ3) is 3.32. The van der Waals surface area contributed by atoms with Gasteiger partial charge in [-0.15, -0.1) is 0 Å². The van der Waals surface area contributed by atoms with Crippen molar-refractivity contribution in [2.24, 2.45) is 5.92 Å². The van der Waals surface area contributed by atoms with Gasteiger partial charge in [-0.3, -0.25) is 14.3 Å². The molecule has 0 aromatic carbocycles. The summed E-state index contributed by atoms with van der Waals surface area (Å²) < 4.78 is 1.49. The Labute approximate surface area is 150 Å². The van der Waals surface area contributed by atoms with E-state index in [9.17, 15) is 15.2 Å². The van der Waals surface area contributed by atoms with Crippen LogP contribution in [0.5, 0.6) is 0 Å². The van der Waals surface area contributed by atoms with Gasteiger partial charge in [0.15, 0.2) is 5.16 Å². The number of aliphatic hydroxyl groups excluding tert-OH is 1. The third-order valence-corrected chi connectivity index (χ3v) is 5.41. The minimum atomic E-state index is -0.354. The van der Waals surface area contributed by atoms with Crippen molar-refractivity contribution in [1.82, 2.24) is 14.5 Å². The Hall–Kier alpha value is -2.17. The fourth-order valence-corrected chi connectivity index (χ4v) is 3.77. The van der Waals surface area contributed by atoms with E-state index in [1.54, 1.807) is 6.20 Å². The zero-order valence-corrected chi connectivity index (χ0v) is 15.3. The Morgan fingerprint density at radius 3 is 2.76 bits per heavy atom. The standard InChI is InChI=1S/C18H20N4O2S/c1-18(2,3)14-5-4-12(7-20-14)15-13(6-19)16(24)22-8-11(9-23)10-25-17(22)21-15/h4-5,7,11,23H,8-10H2,1-3H3/t11-/m1/s1. The van der Waals surface area contributed by atoms with Gasteiger partial charge in [-0.25, -0.2) is 4.98 Å². The molecule has 25 heavy (non-hydrogen) atoms. The Morgan fingerprint density at radius 1 is 1.44 bits per heavy atom. The van der Waals surface area contributed by atoms with Crippen LogP contribution in [0.3, 0.4) is 0 Å². The summed E-state index contributed by atoms with van der Waals surface area (Å²) in [5.74, 6) is 0.706. The van der Waals surface area contributed by atoms with Crippen molar-refractivity contribution < 1.29 is 5.11 Å². The van der Waals surface area contributed by atoms with Gasteiger partial charge >= 0.3 is 0 Å². The lowest BCUT2D eigenvalue weighted by atomic mass is 9.91. The number of hydrogen-bond donors (Lipinski definition) is 1. The first-order valence-corrected chi connectivity index (χ1v) is 9.09. The molecule has 3 rings (SSSR count). The molecule has 2 aromatic rings. The number of thioether (sulfide) groups is 1. The third-order valence-electron chi connectivity index (χ3n) is 4.20. The molecule has 0 fully saturated rings. The molecule has 2 aromatic heterocycles. The van der Waals surface area contributed by atoms with Crippen LogP contribution in [0.15, 0.2) is 28.3 Å². The molecular formula is C18H20N4O2S. The van der Waals surface area contributed by atoms with Crippen molar-refractivity contribution in [3.05, 3.63) is 39.9 Å². The van der Waals surface area contributed by atoms with Crippen molar-refractivity contribution in [3.8, 4) is 17.3 Å². The number of fused-ring (bicyclic) bond motifs is 1. The van der Waals surface area contributed by atoms with Gasteiger partial charge in [0, 0.05) is 47.7 Å². The number of nitriles is 1. The summed E-state index contributed by atoms with van der Waals surface area (Å²) in [6.45, 7) is 6.63. The van der Waals surface area contributed by atoms with Crippen molar-refractivity contribution in [2.45, 2.75) is 37.9 Å². The Morgan fingerprint density at radius 2 is 2.20 bits per heavy atom. The van der Waals surface area contributed by atoms with Crippen LogP contribution in [0.4, 0.5) is 0 Å². The van der Waals surface area contributed by atoms with Crippen LogP contribution in [-0.4, -0.2) is 32.0 Å². The van der Waals surface area contributed by atoms with E-state index in [1.165, 1.54) is 16.3 Å². The molecule has 0 aliphatic carbocycles. The zero-order chi connectivity index (χ0) is 18.2. The van der Waals surface area contributed by atoms with E-state index < -0.39 is 0 Å². The number of rotatable bonds is 2. The number of aromatic nitrogens is 3. The van der Waals surface area contributed by atoms with Crippen molar-refractivity contribution in [2.75, 3.05) is 12.4 Å². The Kier molecular flexibility index (Phi) is 4.67. The summed E-state index contributed by atoms with van der Waals surface area (Å²) in [6.07, 6.45) is 1.67. The lowest BCUT2D eigenvalue weighted by molar-refractivity contribution is 0.217. The van der Waals surface area contributed by atoms with Crippen LogP contribution in [0.2, 0.25) is 0 Å². The van der Waals surface area contributed by atoms with Crippen LogP contribution in [0, 0.1) is 17.2 Å². The first kappa shape index (κ1) is 17.6. The lowest BCUT2D eigenvalue weighted by Gasteiger charge is -2.24. The lowest BCUT2D eigenvalue weighted by Crippen LogP contribution is -2.34. The van der Waals surface area contributed by atoms with Gasteiger partial charge in [0.2, 0.25) is 0 Å². The first-order valence-electron chi connectivity index (χ1n) is 8.10. The molecule has 3 heterocycles. The highest BCUT2D eigenvalue weighted by Gasteiger charge is 2.25. The predicted molar refractivity (Wildman–Crippen MR) is 96.4 cm³/mol. The van der Waals surface area contributed by atoms with E-state index in [-0.39, 0.29) is 29.1 Å². The van der Waals surface area contributed by atoms with Gasteiger partial charge in [-0.05, 0) is 12.1 Å². The van der Waals surface area contributed by atoms with Crippen LogP contribution in [-0.2, 0) is 12.0 Å². The van der Waals surface area contributed by atoms with Gasteiger partial charge in [0.25, 0.3) is 5.56 Å². The summed E-state index contributed by atoms with van der Waals surface area (Å²) in [4.78, 5) is 21.7. The van der Waals surface area contributed by atoms with Crippen LogP contribution in [0.25, 0.3) is 11.3 Å². The fraction of sp³-hybridized carbons (Fsp3) is 0.444. The number of aliphatic hydroxyl groups is 1. The molecule has 0 unspecified atom stereocenters. The molecule has 0 saturated carbocycles. The second-order valence-electron chi connectivity index (χ2n) is 7.19. The highest BCUT2D eigenvalue weighted by atomic mass is 32.2. The van der Waals surface area contributed by atoms with E-state index in [0.717, 1.165) is 5.69 Å². The van der Waals surface area contributed by atoms with Crippen molar-refractivity contribution in [3.63, 3.8) is 0 Å². The largest absolute Gasteiger partial charge is 0.396 e. The highest BCUT2D eigenvalue weighted by molar-refractivity contribution is 7.99. The van der Waals surface area contributed by atoms with Crippen molar-refractivity contribution >= 4 is 11.8 Å². The average molecular weight is 356 g/mol. The Balaban J connectivity index is 2.10. The smallest absolute Gasteiger partial charge is 0.272 e. The maximum absolute atomic E-state index is 12.7. The van der Waals surface area contributed by atoms with Crippen LogP contribution >= 0.6 is 11.8 Å². The van der Waals surface area contributed by atoms with E-state index in [4.69, 9.17) is 0 Å². The molecular weight excluding hydrogens is 336 g/mol. The van der Waals surface area contributed by atoms with Crippen LogP contribution < -0.4 is 5.56 Å². The molecule has 0 radical (unpaired) electrons. The average Bonchev–Trinajstić information content (AvgIpc) is 2.60. The molecule has 1 aliphatic rings. The van der Waals surface area contributed by atoms with E-state index in [2.05, 4.69) is 30.7 Å². The number of hydrogen-bond acceptors (Lipinski definition) is 6. The Bertz CT molecular complexity index is 892. The van der Waals surface area contributed by atoms with Crippen LogP contribution in [0.1, 0.15) is 32.0 Å². The molecule has 1 atom stereocenters. The molecule has 0 amide bonds. The quantitative estimate of drug-likeness (QED) is 0.829. The first-order chi connectivity index (χ1) is 11.8. The molecule has 7 heteroatoms. The maximum Gasteiger partial charge on any atom is 0.272 e. The van der Waals surface area contributed by atoms with Gasteiger partial charge in [0.05, 0.1) is 5.69 Å². The van der Waals surface area contributed by atoms with Gasteiger partial charge in [-0.2, -0.15) is 5.26 Å². The minimum absolute atomic E-state index is 0.00197. The summed E-state index contributed by atoms with van der Waals surface area (Å²) in [5, 5.41) is 19.4. The molecule has 6 nitrogen and oxygen atoms in total. The van der Waals surface area contributed by atoms with E-state index in [0.29, 0.717) is 28.7 Å². The van der Waals surface area contributed by atoms with Gasteiger partial charge in [0.1, 0.15) is 11.6 Å². The summed E-state index contributed by atoms with van der Waals surface area (Å²) in [6, 6.07) is 5.76. The molecule has 1 aliphatic heterocycles. The van der Waals surface area contributed by atoms with E-state index in [1.807, 2.05) is 18.2 Å². The summed E-state index contributed by atoms with van der Waals surface area (Å²) in [7, 11) is 0. The second-order valence-corrected chi connectivity index (χ2v) is 8.17. The highest BCUT2D eigenvalue weighted by Crippen LogP contribution is 2.29.